The zero-order valence-corrected chi connectivity index (χ0v) is 14.2. The van der Waals surface area contributed by atoms with Crippen molar-refractivity contribution in [2.45, 2.75) is 20.8 Å². The van der Waals surface area contributed by atoms with Crippen molar-refractivity contribution in [1.29, 1.82) is 0 Å². The van der Waals surface area contributed by atoms with Gasteiger partial charge in [0.25, 0.3) is 0 Å². The first kappa shape index (κ1) is 15.5. The average Bonchev–Trinajstić information content (AvgIpc) is 3.17. The Hall–Kier alpha value is -2.40. The van der Waals surface area contributed by atoms with E-state index in [0.717, 1.165) is 34.0 Å². The molecular weight excluding hydrogens is 308 g/mol. The van der Waals surface area contributed by atoms with Gasteiger partial charge in [0.15, 0.2) is 11.4 Å². The summed E-state index contributed by atoms with van der Waals surface area (Å²) in [5.74, 6) is 0.873. The SMILES string of the molecule is CCOc1c(C)cc(C)cc1-c1csc(-n2cccc2C=O)n1. The summed E-state index contributed by atoms with van der Waals surface area (Å²) >= 11 is 1.51. The normalized spacial score (nSPS) is 10.7. The van der Waals surface area contributed by atoms with Crippen molar-refractivity contribution in [3.8, 4) is 22.1 Å². The van der Waals surface area contributed by atoms with Crippen LogP contribution in [0.1, 0.15) is 28.5 Å². The largest absolute Gasteiger partial charge is 0.493 e. The molecule has 3 aromatic rings. The summed E-state index contributed by atoms with van der Waals surface area (Å²) in [5.41, 5.74) is 4.73. The standard InChI is InChI=1S/C18H18N2O2S/c1-4-22-17-13(3)8-12(2)9-15(17)16-11-23-18(19-16)20-7-5-6-14(20)10-21/h5-11H,4H2,1-3H3. The van der Waals surface area contributed by atoms with E-state index in [0.29, 0.717) is 12.3 Å². The molecule has 0 aliphatic rings. The van der Waals surface area contributed by atoms with Gasteiger partial charge in [-0.1, -0.05) is 6.07 Å². The number of nitrogens with zero attached hydrogens (tertiary/aromatic N) is 2. The van der Waals surface area contributed by atoms with Gasteiger partial charge in [0, 0.05) is 17.1 Å². The number of aromatic nitrogens is 2. The Bertz CT molecular complexity index is 849. The molecule has 2 aromatic heterocycles. The lowest BCUT2D eigenvalue weighted by Gasteiger charge is -2.13. The van der Waals surface area contributed by atoms with Crippen LogP contribution in [0, 0.1) is 13.8 Å². The monoisotopic (exact) mass is 326 g/mol. The molecule has 0 amide bonds. The van der Waals surface area contributed by atoms with Crippen LogP contribution in [0.15, 0.2) is 35.8 Å². The molecule has 5 heteroatoms. The van der Waals surface area contributed by atoms with Crippen LogP contribution in [0.25, 0.3) is 16.4 Å². The second kappa shape index (κ2) is 6.38. The van der Waals surface area contributed by atoms with E-state index in [4.69, 9.17) is 9.72 Å². The molecule has 1 aromatic carbocycles. The molecule has 4 nitrogen and oxygen atoms in total. The molecule has 2 heterocycles. The van der Waals surface area contributed by atoms with Crippen LogP contribution in [-0.4, -0.2) is 22.4 Å². The number of carbonyl (C=O) groups is 1. The third-order valence-corrected chi connectivity index (χ3v) is 4.42. The molecule has 0 fully saturated rings. The van der Waals surface area contributed by atoms with Gasteiger partial charge in [-0.3, -0.25) is 9.36 Å². The Kier molecular flexibility index (Phi) is 4.30. The highest BCUT2D eigenvalue weighted by Crippen LogP contribution is 2.35. The summed E-state index contributed by atoms with van der Waals surface area (Å²) in [6.07, 6.45) is 2.68. The van der Waals surface area contributed by atoms with Crippen molar-refractivity contribution >= 4 is 17.6 Å². The lowest BCUT2D eigenvalue weighted by molar-refractivity contribution is 0.111. The van der Waals surface area contributed by atoms with Crippen LogP contribution in [0.2, 0.25) is 0 Å². The first-order valence-electron chi connectivity index (χ1n) is 7.47. The van der Waals surface area contributed by atoms with E-state index in [-0.39, 0.29) is 0 Å². The van der Waals surface area contributed by atoms with E-state index in [1.165, 1.54) is 16.9 Å². The summed E-state index contributed by atoms with van der Waals surface area (Å²) in [7, 11) is 0. The van der Waals surface area contributed by atoms with Crippen molar-refractivity contribution in [1.82, 2.24) is 9.55 Å². The minimum Gasteiger partial charge on any atom is -0.493 e. The molecule has 0 aliphatic heterocycles. The Balaban J connectivity index is 2.09. The minimum atomic E-state index is 0.594. The highest BCUT2D eigenvalue weighted by Gasteiger charge is 2.15. The highest BCUT2D eigenvalue weighted by molar-refractivity contribution is 7.12. The van der Waals surface area contributed by atoms with Gasteiger partial charge in [0.05, 0.1) is 18.0 Å². The predicted octanol–water partition coefficient (Wildman–Crippen LogP) is 4.43. The number of ether oxygens (including phenoxy) is 1. The topological polar surface area (TPSA) is 44.1 Å². The smallest absolute Gasteiger partial charge is 0.194 e. The second-order valence-electron chi connectivity index (χ2n) is 5.33. The van der Waals surface area contributed by atoms with E-state index < -0.39 is 0 Å². The van der Waals surface area contributed by atoms with E-state index in [1.807, 2.05) is 31.5 Å². The van der Waals surface area contributed by atoms with E-state index >= 15 is 0 Å². The highest BCUT2D eigenvalue weighted by atomic mass is 32.1. The number of hydrogen-bond donors (Lipinski definition) is 0. The van der Waals surface area contributed by atoms with Crippen molar-refractivity contribution in [2.24, 2.45) is 0 Å². The van der Waals surface area contributed by atoms with Gasteiger partial charge in [-0.25, -0.2) is 4.98 Å². The number of benzene rings is 1. The van der Waals surface area contributed by atoms with Crippen LogP contribution in [0.5, 0.6) is 5.75 Å². The summed E-state index contributed by atoms with van der Waals surface area (Å²) in [4.78, 5) is 15.8. The average molecular weight is 326 g/mol. The van der Waals surface area contributed by atoms with E-state index in [2.05, 4.69) is 19.1 Å². The van der Waals surface area contributed by atoms with Crippen LogP contribution in [-0.2, 0) is 0 Å². The third kappa shape index (κ3) is 2.92. The molecule has 0 saturated heterocycles. The van der Waals surface area contributed by atoms with E-state index in [1.54, 1.807) is 10.6 Å². The first-order valence-corrected chi connectivity index (χ1v) is 8.35. The Morgan fingerprint density at radius 2 is 2.17 bits per heavy atom. The maximum atomic E-state index is 11.1. The van der Waals surface area contributed by atoms with Crippen LogP contribution >= 0.6 is 11.3 Å². The Morgan fingerprint density at radius 1 is 1.35 bits per heavy atom. The van der Waals surface area contributed by atoms with Gasteiger partial charge in [0.1, 0.15) is 5.75 Å². The fourth-order valence-electron chi connectivity index (χ4n) is 2.64. The zero-order valence-electron chi connectivity index (χ0n) is 13.4. The van der Waals surface area contributed by atoms with Crippen molar-refractivity contribution in [3.63, 3.8) is 0 Å². The Morgan fingerprint density at radius 3 is 2.91 bits per heavy atom. The zero-order chi connectivity index (χ0) is 16.4. The summed E-state index contributed by atoms with van der Waals surface area (Å²) in [6, 6.07) is 7.81. The molecule has 118 valence electrons. The molecule has 0 saturated carbocycles. The van der Waals surface area contributed by atoms with Gasteiger partial charge in [-0.2, -0.15) is 0 Å². The molecule has 0 radical (unpaired) electrons. The number of hydrogen-bond acceptors (Lipinski definition) is 4. The maximum Gasteiger partial charge on any atom is 0.194 e. The van der Waals surface area contributed by atoms with Gasteiger partial charge in [0.2, 0.25) is 0 Å². The molecule has 0 unspecified atom stereocenters. The van der Waals surface area contributed by atoms with Crippen LogP contribution < -0.4 is 4.74 Å². The number of rotatable bonds is 5. The van der Waals surface area contributed by atoms with Crippen LogP contribution in [0.3, 0.4) is 0 Å². The summed E-state index contributed by atoms with van der Waals surface area (Å²) in [6.45, 7) is 6.70. The number of carbonyl (C=O) groups excluding carboxylic acids is 1. The molecule has 3 rings (SSSR count). The van der Waals surface area contributed by atoms with Crippen molar-refractivity contribution in [3.05, 3.63) is 52.7 Å². The van der Waals surface area contributed by atoms with Gasteiger partial charge in [-0.15, -0.1) is 11.3 Å². The number of thiazole rings is 1. The van der Waals surface area contributed by atoms with Crippen molar-refractivity contribution in [2.75, 3.05) is 6.61 Å². The number of aldehydes is 1. The molecule has 0 N–H and O–H groups in total. The van der Waals surface area contributed by atoms with E-state index in [9.17, 15) is 4.79 Å². The molecule has 0 aliphatic carbocycles. The minimum absolute atomic E-state index is 0.594. The lowest BCUT2D eigenvalue weighted by atomic mass is 10.0. The quantitative estimate of drug-likeness (QED) is 0.652. The predicted molar refractivity (Wildman–Crippen MR) is 92.9 cm³/mol. The first-order chi connectivity index (χ1) is 11.1. The Labute approximate surface area is 139 Å². The van der Waals surface area contributed by atoms with Gasteiger partial charge >= 0.3 is 0 Å². The summed E-state index contributed by atoms with van der Waals surface area (Å²) in [5, 5.41) is 2.77. The molecule has 0 spiro atoms. The third-order valence-electron chi connectivity index (χ3n) is 3.58. The second-order valence-corrected chi connectivity index (χ2v) is 6.16. The molecule has 23 heavy (non-hydrogen) atoms. The van der Waals surface area contributed by atoms with Crippen molar-refractivity contribution < 1.29 is 9.53 Å². The molecule has 0 bridgehead atoms. The fourth-order valence-corrected chi connectivity index (χ4v) is 3.47. The van der Waals surface area contributed by atoms with Gasteiger partial charge in [-0.05, 0) is 50.1 Å². The number of aryl methyl sites for hydroxylation is 2. The van der Waals surface area contributed by atoms with Crippen LogP contribution in [0.4, 0.5) is 0 Å². The summed E-state index contributed by atoms with van der Waals surface area (Å²) < 4.78 is 7.62. The maximum absolute atomic E-state index is 11.1. The molecule has 0 atom stereocenters. The fraction of sp³-hybridized carbons (Fsp3) is 0.222. The molecular formula is C18H18N2O2S. The lowest BCUT2D eigenvalue weighted by Crippen LogP contribution is -1.99. The van der Waals surface area contributed by atoms with Gasteiger partial charge < -0.3 is 4.74 Å².